The lowest BCUT2D eigenvalue weighted by atomic mass is 9.91. The van der Waals surface area contributed by atoms with Crippen LogP contribution in [-0.4, -0.2) is 17.4 Å². The molecule has 3 rings (SSSR count). The Hall–Kier alpha value is -3.01. The average Bonchev–Trinajstić information content (AvgIpc) is 2.69. The molecule has 0 bridgehead atoms. The molecule has 0 spiro atoms. The standard InChI is InChI=1S/C22H21FN2O/c23-20-8-6-17(7-9-20)12-15-25-22(26)21(19-4-2-1-3-5-19)16-18-10-13-24-14-11-18/h1-11,13-14,21H,12,15-16H2,(H,25,26). The van der Waals surface area contributed by atoms with Crippen molar-refractivity contribution < 1.29 is 9.18 Å². The van der Waals surface area contributed by atoms with Crippen molar-refractivity contribution in [3.8, 4) is 0 Å². The fourth-order valence-electron chi connectivity index (χ4n) is 2.91. The predicted octanol–water partition coefficient (Wildman–Crippen LogP) is 3.91. The maximum absolute atomic E-state index is 13.0. The molecular weight excluding hydrogens is 327 g/mol. The molecule has 3 nitrogen and oxygen atoms in total. The number of hydrogen-bond donors (Lipinski definition) is 1. The first-order valence-corrected chi connectivity index (χ1v) is 8.68. The van der Waals surface area contributed by atoms with Crippen molar-refractivity contribution in [3.05, 3.63) is 102 Å². The number of halogens is 1. The van der Waals surface area contributed by atoms with Crippen molar-refractivity contribution >= 4 is 5.91 Å². The molecule has 1 unspecified atom stereocenters. The summed E-state index contributed by atoms with van der Waals surface area (Å²) in [4.78, 5) is 16.8. The van der Waals surface area contributed by atoms with E-state index in [2.05, 4.69) is 10.3 Å². The maximum Gasteiger partial charge on any atom is 0.227 e. The van der Waals surface area contributed by atoms with E-state index in [9.17, 15) is 9.18 Å². The van der Waals surface area contributed by atoms with Gasteiger partial charge >= 0.3 is 0 Å². The second-order valence-electron chi connectivity index (χ2n) is 6.19. The lowest BCUT2D eigenvalue weighted by molar-refractivity contribution is -0.122. The molecule has 1 amide bonds. The van der Waals surface area contributed by atoms with Gasteiger partial charge in [-0.25, -0.2) is 4.39 Å². The van der Waals surface area contributed by atoms with Gasteiger partial charge in [0.25, 0.3) is 0 Å². The van der Waals surface area contributed by atoms with Crippen molar-refractivity contribution in [1.29, 1.82) is 0 Å². The van der Waals surface area contributed by atoms with Crippen LogP contribution in [0.15, 0.2) is 79.1 Å². The number of aromatic nitrogens is 1. The quantitative estimate of drug-likeness (QED) is 0.703. The molecule has 132 valence electrons. The van der Waals surface area contributed by atoms with E-state index in [0.29, 0.717) is 19.4 Å². The van der Waals surface area contributed by atoms with Crippen LogP contribution in [0.25, 0.3) is 0 Å². The van der Waals surface area contributed by atoms with Crippen LogP contribution in [0.5, 0.6) is 0 Å². The van der Waals surface area contributed by atoms with E-state index >= 15 is 0 Å². The summed E-state index contributed by atoms with van der Waals surface area (Å²) in [7, 11) is 0. The van der Waals surface area contributed by atoms with Crippen LogP contribution < -0.4 is 5.32 Å². The minimum absolute atomic E-state index is 0.00451. The second-order valence-corrected chi connectivity index (χ2v) is 6.19. The third-order valence-corrected chi connectivity index (χ3v) is 4.33. The summed E-state index contributed by atoms with van der Waals surface area (Å²) in [6.45, 7) is 0.518. The number of amides is 1. The summed E-state index contributed by atoms with van der Waals surface area (Å²) in [5.74, 6) is -0.513. The number of hydrogen-bond acceptors (Lipinski definition) is 2. The van der Waals surface area contributed by atoms with Crippen molar-refractivity contribution in [3.63, 3.8) is 0 Å². The molecule has 0 saturated carbocycles. The molecule has 0 aliphatic rings. The molecule has 0 aliphatic heterocycles. The van der Waals surface area contributed by atoms with Gasteiger partial charge in [0.2, 0.25) is 5.91 Å². The lowest BCUT2D eigenvalue weighted by Gasteiger charge is -2.17. The molecule has 1 atom stereocenters. The number of benzene rings is 2. The van der Waals surface area contributed by atoms with Gasteiger partial charge in [-0.3, -0.25) is 9.78 Å². The van der Waals surface area contributed by atoms with Crippen LogP contribution in [0.1, 0.15) is 22.6 Å². The molecule has 0 aliphatic carbocycles. The number of pyridine rings is 1. The van der Waals surface area contributed by atoms with Gasteiger partial charge in [0, 0.05) is 18.9 Å². The van der Waals surface area contributed by atoms with Gasteiger partial charge in [-0.1, -0.05) is 42.5 Å². The Morgan fingerprint density at radius 3 is 2.31 bits per heavy atom. The third-order valence-electron chi connectivity index (χ3n) is 4.33. The first kappa shape index (κ1) is 17.8. The maximum atomic E-state index is 13.0. The number of nitrogens with zero attached hydrogens (tertiary/aromatic N) is 1. The van der Waals surface area contributed by atoms with Crippen LogP contribution in [0.3, 0.4) is 0 Å². The van der Waals surface area contributed by atoms with E-state index in [1.165, 1.54) is 12.1 Å². The van der Waals surface area contributed by atoms with E-state index < -0.39 is 0 Å². The molecule has 2 aromatic carbocycles. The Bertz CT molecular complexity index is 820. The van der Waals surface area contributed by atoms with E-state index in [-0.39, 0.29) is 17.6 Å². The van der Waals surface area contributed by atoms with Gasteiger partial charge in [0.05, 0.1) is 5.92 Å². The van der Waals surface area contributed by atoms with Crippen LogP contribution in [-0.2, 0) is 17.6 Å². The zero-order valence-corrected chi connectivity index (χ0v) is 14.4. The zero-order chi connectivity index (χ0) is 18.2. The highest BCUT2D eigenvalue weighted by Gasteiger charge is 2.20. The number of rotatable bonds is 7. The number of carbonyl (C=O) groups excluding carboxylic acids is 1. The topological polar surface area (TPSA) is 42.0 Å². The molecule has 3 aromatic rings. The molecule has 1 heterocycles. The number of carbonyl (C=O) groups is 1. The molecule has 1 aromatic heterocycles. The van der Waals surface area contributed by atoms with E-state index in [4.69, 9.17) is 0 Å². The predicted molar refractivity (Wildman–Crippen MR) is 100 cm³/mol. The smallest absolute Gasteiger partial charge is 0.227 e. The van der Waals surface area contributed by atoms with Crippen LogP contribution in [0.4, 0.5) is 4.39 Å². The molecule has 4 heteroatoms. The lowest BCUT2D eigenvalue weighted by Crippen LogP contribution is -2.32. The Balaban J connectivity index is 1.65. The highest BCUT2D eigenvalue weighted by molar-refractivity contribution is 5.84. The highest BCUT2D eigenvalue weighted by Crippen LogP contribution is 2.21. The van der Waals surface area contributed by atoms with E-state index in [1.807, 2.05) is 42.5 Å². The van der Waals surface area contributed by atoms with Crippen molar-refractivity contribution in [2.24, 2.45) is 0 Å². The Kier molecular flexibility index (Phi) is 6.09. The van der Waals surface area contributed by atoms with Gasteiger partial charge in [0.1, 0.15) is 5.82 Å². The van der Waals surface area contributed by atoms with Gasteiger partial charge in [-0.05, 0) is 53.8 Å². The van der Waals surface area contributed by atoms with Gasteiger partial charge in [-0.15, -0.1) is 0 Å². The fraction of sp³-hybridized carbons (Fsp3) is 0.182. The number of nitrogens with one attached hydrogen (secondary N) is 1. The van der Waals surface area contributed by atoms with Gasteiger partial charge in [-0.2, -0.15) is 0 Å². The van der Waals surface area contributed by atoms with Crippen molar-refractivity contribution in [2.45, 2.75) is 18.8 Å². The first-order chi connectivity index (χ1) is 12.7. The third kappa shape index (κ3) is 4.99. The second kappa shape index (κ2) is 8.90. The minimum Gasteiger partial charge on any atom is -0.355 e. The molecular formula is C22H21FN2O. The fourth-order valence-corrected chi connectivity index (χ4v) is 2.91. The Labute approximate surface area is 152 Å². The van der Waals surface area contributed by atoms with E-state index in [0.717, 1.165) is 16.7 Å². The molecule has 26 heavy (non-hydrogen) atoms. The Morgan fingerprint density at radius 2 is 1.62 bits per heavy atom. The summed E-state index contributed by atoms with van der Waals surface area (Å²) in [6, 6.07) is 20.0. The summed E-state index contributed by atoms with van der Waals surface area (Å²) in [5, 5.41) is 3.02. The highest BCUT2D eigenvalue weighted by atomic mass is 19.1. The summed E-state index contributed by atoms with van der Waals surface area (Å²) < 4.78 is 13.0. The molecule has 0 saturated heterocycles. The van der Waals surface area contributed by atoms with Crippen LogP contribution >= 0.6 is 0 Å². The largest absolute Gasteiger partial charge is 0.355 e. The van der Waals surface area contributed by atoms with Gasteiger partial charge < -0.3 is 5.32 Å². The minimum atomic E-state index is -0.258. The summed E-state index contributed by atoms with van der Waals surface area (Å²) >= 11 is 0. The first-order valence-electron chi connectivity index (χ1n) is 8.68. The molecule has 0 radical (unpaired) electrons. The normalized spacial score (nSPS) is 11.7. The summed E-state index contributed by atoms with van der Waals surface area (Å²) in [5.41, 5.74) is 3.06. The molecule has 1 N–H and O–H groups in total. The van der Waals surface area contributed by atoms with Gasteiger partial charge in [0.15, 0.2) is 0 Å². The summed E-state index contributed by atoms with van der Waals surface area (Å²) in [6.07, 6.45) is 4.77. The van der Waals surface area contributed by atoms with Crippen LogP contribution in [0, 0.1) is 5.82 Å². The Morgan fingerprint density at radius 1 is 0.923 bits per heavy atom. The average molecular weight is 348 g/mol. The van der Waals surface area contributed by atoms with E-state index in [1.54, 1.807) is 24.5 Å². The monoisotopic (exact) mass is 348 g/mol. The van der Waals surface area contributed by atoms with Crippen molar-refractivity contribution in [2.75, 3.05) is 6.54 Å². The zero-order valence-electron chi connectivity index (χ0n) is 14.4. The molecule has 0 fully saturated rings. The SMILES string of the molecule is O=C(NCCc1ccc(F)cc1)C(Cc1ccncc1)c1ccccc1. The van der Waals surface area contributed by atoms with Crippen LogP contribution in [0.2, 0.25) is 0 Å². The van der Waals surface area contributed by atoms with Crippen molar-refractivity contribution in [1.82, 2.24) is 10.3 Å².